The summed E-state index contributed by atoms with van der Waals surface area (Å²) in [4.78, 5) is 28.4. The third kappa shape index (κ3) is 8.06. The molecule has 0 heterocycles. The summed E-state index contributed by atoms with van der Waals surface area (Å²) in [5.41, 5.74) is 0.783. The minimum absolute atomic E-state index is 0.00861. The molecule has 3 rings (SSSR count). The minimum atomic E-state index is -3.90. The van der Waals surface area contributed by atoms with E-state index in [4.69, 9.17) is 23.2 Å². The summed E-state index contributed by atoms with van der Waals surface area (Å²) in [7, 11) is -3.90. The maximum Gasteiger partial charge on any atom is 0.244 e. The van der Waals surface area contributed by atoms with Crippen LogP contribution in [0.3, 0.4) is 0 Å². The SMILES string of the molecule is CC[C@@H](C(=O)NC1CCCCC1)N(Cc1ccc(F)cc1)C(=O)CN(c1ccc(Cl)c(Cl)c1)S(C)(=O)=O. The topological polar surface area (TPSA) is 86.8 Å². The van der Waals surface area contributed by atoms with Crippen molar-refractivity contribution in [3.05, 3.63) is 63.9 Å². The summed E-state index contributed by atoms with van der Waals surface area (Å²) in [6.45, 7) is 1.25. The number of sulfonamides is 1. The lowest BCUT2D eigenvalue weighted by molar-refractivity contribution is -0.140. The van der Waals surface area contributed by atoms with Gasteiger partial charge in [0.1, 0.15) is 18.4 Å². The highest BCUT2D eigenvalue weighted by molar-refractivity contribution is 7.92. The molecule has 1 aliphatic rings. The molecule has 2 aromatic carbocycles. The Bertz CT molecular complexity index is 1200. The molecule has 0 aromatic heterocycles. The summed E-state index contributed by atoms with van der Waals surface area (Å²) in [6.07, 6.45) is 6.27. The highest BCUT2D eigenvalue weighted by atomic mass is 35.5. The molecule has 37 heavy (non-hydrogen) atoms. The van der Waals surface area contributed by atoms with E-state index in [-0.39, 0.29) is 34.2 Å². The number of amides is 2. The maximum atomic E-state index is 13.7. The monoisotopic (exact) mass is 571 g/mol. The van der Waals surface area contributed by atoms with E-state index >= 15 is 0 Å². The van der Waals surface area contributed by atoms with Crippen LogP contribution in [0.1, 0.15) is 51.0 Å². The first-order chi connectivity index (χ1) is 17.5. The van der Waals surface area contributed by atoms with Crippen LogP contribution in [0.25, 0.3) is 0 Å². The van der Waals surface area contributed by atoms with Gasteiger partial charge in [-0.1, -0.05) is 61.5 Å². The van der Waals surface area contributed by atoms with E-state index in [1.54, 1.807) is 6.92 Å². The standard InChI is InChI=1S/C26H32Cl2FN3O4S/c1-3-24(26(34)30-20-7-5-4-6-8-20)31(16-18-9-11-19(29)12-10-18)25(33)17-32(37(2,35)36)21-13-14-22(27)23(28)15-21/h9-15,20,24H,3-8,16-17H2,1-2H3,(H,30,34)/t24-/m0/s1. The molecular weight excluding hydrogens is 540 g/mol. The normalized spacial score (nSPS) is 15.2. The zero-order valence-corrected chi connectivity index (χ0v) is 23.3. The zero-order chi connectivity index (χ0) is 27.2. The van der Waals surface area contributed by atoms with Gasteiger partial charge in [-0.25, -0.2) is 12.8 Å². The number of hydrogen-bond acceptors (Lipinski definition) is 4. The molecule has 2 amide bonds. The second-order valence-corrected chi connectivity index (χ2v) is 12.0. The number of rotatable bonds is 10. The fraction of sp³-hybridized carbons (Fsp3) is 0.462. The summed E-state index contributed by atoms with van der Waals surface area (Å²) >= 11 is 12.1. The van der Waals surface area contributed by atoms with Crippen LogP contribution in [0, 0.1) is 5.82 Å². The van der Waals surface area contributed by atoms with Crippen molar-refractivity contribution in [1.29, 1.82) is 0 Å². The van der Waals surface area contributed by atoms with E-state index in [0.29, 0.717) is 12.0 Å². The minimum Gasteiger partial charge on any atom is -0.352 e. The predicted octanol–water partition coefficient (Wildman–Crippen LogP) is 5.15. The Morgan fingerprint density at radius 3 is 2.27 bits per heavy atom. The molecule has 0 saturated heterocycles. The molecule has 7 nitrogen and oxygen atoms in total. The van der Waals surface area contributed by atoms with E-state index in [1.807, 2.05) is 0 Å². The van der Waals surface area contributed by atoms with Gasteiger partial charge in [-0.05, 0) is 55.2 Å². The molecule has 0 unspecified atom stereocenters. The quantitative estimate of drug-likeness (QED) is 0.427. The van der Waals surface area contributed by atoms with Crippen LogP contribution >= 0.6 is 23.2 Å². The summed E-state index contributed by atoms with van der Waals surface area (Å²) in [6, 6.07) is 9.11. The highest BCUT2D eigenvalue weighted by Gasteiger charge is 2.33. The molecule has 1 aliphatic carbocycles. The number of nitrogens with zero attached hydrogens (tertiary/aromatic N) is 2. The van der Waals surface area contributed by atoms with Crippen molar-refractivity contribution < 1.29 is 22.4 Å². The molecule has 1 atom stereocenters. The lowest BCUT2D eigenvalue weighted by Crippen LogP contribution is -2.53. The summed E-state index contributed by atoms with van der Waals surface area (Å²) in [5.74, 6) is -1.29. The summed E-state index contributed by atoms with van der Waals surface area (Å²) < 4.78 is 39.8. The second-order valence-electron chi connectivity index (χ2n) is 9.28. The van der Waals surface area contributed by atoms with Crippen molar-refractivity contribution >= 4 is 50.7 Å². The molecule has 0 spiro atoms. The molecule has 2 aromatic rings. The fourth-order valence-electron chi connectivity index (χ4n) is 4.50. The van der Waals surface area contributed by atoms with Gasteiger partial charge in [-0.2, -0.15) is 0 Å². The van der Waals surface area contributed by atoms with Crippen molar-refractivity contribution in [2.45, 2.75) is 64.1 Å². The first-order valence-electron chi connectivity index (χ1n) is 12.3. The third-order valence-electron chi connectivity index (χ3n) is 6.47. The third-order valence-corrected chi connectivity index (χ3v) is 8.35. The molecule has 0 bridgehead atoms. The number of carbonyl (C=O) groups is 2. The first kappa shape index (κ1) is 29.2. The zero-order valence-electron chi connectivity index (χ0n) is 20.9. The van der Waals surface area contributed by atoms with Crippen LogP contribution in [0.2, 0.25) is 10.0 Å². The van der Waals surface area contributed by atoms with Crippen LogP contribution < -0.4 is 9.62 Å². The lowest BCUT2D eigenvalue weighted by atomic mass is 9.95. The average molecular weight is 573 g/mol. The Labute approximate surface area is 228 Å². The Balaban J connectivity index is 1.92. The van der Waals surface area contributed by atoms with Gasteiger partial charge in [0.15, 0.2) is 0 Å². The number of carbonyl (C=O) groups excluding carboxylic acids is 2. The van der Waals surface area contributed by atoms with E-state index in [2.05, 4.69) is 5.32 Å². The number of hydrogen-bond donors (Lipinski definition) is 1. The molecule has 1 N–H and O–H groups in total. The lowest BCUT2D eigenvalue weighted by Gasteiger charge is -2.34. The van der Waals surface area contributed by atoms with Crippen molar-refractivity contribution in [3.8, 4) is 0 Å². The summed E-state index contributed by atoms with van der Waals surface area (Å²) in [5, 5.41) is 3.46. The van der Waals surface area contributed by atoms with Crippen molar-refractivity contribution in [3.63, 3.8) is 0 Å². The predicted molar refractivity (Wildman–Crippen MR) is 145 cm³/mol. The number of benzene rings is 2. The first-order valence-corrected chi connectivity index (χ1v) is 14.9. The van der Waals surface area contributed by atoms with E-state index in [0.717, 1.165) is 42.7 Å². The van der Waals surface area contributed by atoms with Crippen LogP contribution in [-0.4, -0.2) is 50.0 Å². The van der Waals surface area contributed by atoms with E-state index < -0.39 is 34.3 Å². The van der Waals surface area contributed by atoms with Gasteiger partial charge in [0.2, 0.25) is 21.8 Å². The van der Waals surface area contributed by atoms with Gasteiger partial charge < -0.3 is 10.2 Å². The van der Waals surface area contributed by atoms with Crippen molar-refractivity contribution in [2.24, 2.45) is 0 Å². The Morgan fingerprint density at radius 1 is 1.05 bits per heavy atom. The Morgan fingerprint density at radius 2 is 1.70 bits per heavy atom. The maximum absolute atomic E-state index is 13.7. The van der Waals surface area contributed by atoms with Crippen LogP contribution in [-0.2, 0) is 26.2 Å². The van der Waals surface area contributed by atoms with E-state index in [9.17, 15) is 22.4 Å². The number of nitrogens with one attached hydrogen (secondary N) is 1. The fourth-order valence-corrected chi connectivity index (χ4v) is 5.64. The van der Waals surface area contributed by atoms with Crippen LogP contribution in [0.15, 0.2) is 42.5 Å². The van der Waals surface area contributed by atoms with Crippen LogP contribution in [0.5, 0.6) is 0 Å². The van der Waals surface area contributed by atoms with Gasteiger partial charge >= 0.3 is 0 Å². The molecular formula is C26H32Cl2FN3O4S. The van der Waals surface area contributed by atoms with Gasteiger partial charge in [-0.3, -0.25) is 13.9 Å². The molecule has 11 heteroatoms. The Hall–Kier alpha value is -2.36. The number of anilines is 1. The van der Waals surface area contributed by atoms with Gasteiger partial charge in [0.05, 0.1) is 22.0 Å². The largest absolute Gasteiger partial charge is 0.352 e. The van der Waals surface area contributed by atoms with Gasteiger partial charge in [0.25, 0.3) is 0 Å². The van der Waals surface area contributed by atoms with E-state index in [1.165, 1.54) is 47.4 Å². The van der Waals surface area contributed by atoms with Crippen LogP contribution in [0.4, 0.5) is 10.1 Å². The van der Waals surface area contributed by atoms with Gasteiger partial charge in [-0.15, -0.1) is 0 Å². The molecule has 0 aliphatic heterocycles. The molecule has 1 saturated carbocycles. The van der Waals surface area contributed by atoms with Crippen molar-refractivity contribution in [2.75, 3.05) is 17.1 Å². The molecule has 1 fully saturated rings. The smallest absolute Gasteiger partial charge is 0.244 e. The highest BCUT2D eigenvalue weighted by Crippen LogP contribution is 2.29. The second kappa shape index (κ2) is 12.9. The number of halogens is 3. The Kier molecular flexibility index (Phi) is 10.2. The van der Waals surface area contributed by atoms with Gasteiger partial charge in [0, 0.05) is 12.6 Å². The molecule has 0 radical (unpaired) electrons. The molecule has 202 valence electrons. The average Bonchev–Trinajstić information content (AvgIpc) is 2.85. The van der Waals surface area contributed by atoms with Crippen molar-refractivity contribution in [1.82, 2.24) is 10.2 Å².